The van der Waals surface area contributed by atoms with Gasteiger partial charge in [0.2, 0.25) is 11.5 Å². The van der Waals surface area contributed by atoms with Crippen LogP contribution >= 0.6 is 31.9 Å². The summed E-state index contributed by atoms with van der Waals surface area (Å²) >= 11 is 7.02. The van der Waals surface area contributed by atoms with E-state index in [2.05, 4.69) is 38.8 Å². The molecule has 4 rings (SSSR count). The van der Waals surface area contributed by atoms with E-state index >= 15 is 0 Å². The van der Waals surface area contributed by atoms with Crippen molar-refractivity contribution < 1.29 is 26.7 Å². The third kappa shape index (κ3) is 5.73. The van der Waals surface area contributed by atoms with Gasteiger partial charge in [0.25, 0.3) is 15.6 Å². The fourth-order valence-corrected chi connectivity index (χ4v) is 5.06. The van der Waals surface area contributed by atoms with Crippen molar-refractivity contribution in [1.29, 1.82) is 0 Å². The number of halogens is 2. The molecule has 0 fully saturated rings. The number of aromatic nitrogens is 1. The van der Waals surface area contributed by atoms with Gasteiger partial charge in [-0.1, -0.05) is 38.8 Å². The van der Waals surface area contributed by atoms with Gasteiger partial charge in [0.15, 0.2) is 5.75 Å². The summed E-state index contributed by atoms with van der Waals surface area (Å²) in [6.07, 6.45) is 5.67. The van der Waals surface area contributed by atoms with E-state index in [1.807, 2.05) is 65.1 Å². The second-order valence-electron chi connectivity index (χ2n) is 8.03. The number of unbranched alkanes of at least 4 members (excludes halogenated alkanes) is 1. The van der Waals surface area contributed by atoms with Gasteiger partial charge in [-0.2, -0.15) is 13.0 Å². The van der Waals surface area contributed by atoms with E-state index in [9.17, 15) is 8.42 Å². The number of anilines is 1. The van der Waals surface area contributed by atoms with Crippen LogP contribution in [0.5, 0.6) is 5.75 Å². The molecule has 2 aromatic carbocycles. The van der Waals surface area contributed by atoms with Crippen LogP contribution in [0.4, 0.5) is 5.69 Å². The Bertz CT molecular complexity index is 1400. The van der Waals surface area contributed by atoms with E-state index in [1.165, 1.54) is 0 Å². The van der Waals surface area contributed by atoms with Crippen molar-refractivity contribution in [3.05, 3.63) is 68.8 Å². The summed E-state index contributed by atoms with van der Waals surface area (Å²) in [6.45, 7) is 2.62. The molecule has 0 aliphatic carbocycles. The minimum absolute atomic E-state index is 0.259. The summed E-state index contributed by atoms with van der Waals surface area (Å²) in [5, 5.41) is 0. The van der Waals surface area contributed by atoms with Crippen LogP contribution in [-0.2, 0) is 17.2 Å². The molecule has 180 valence electrons. The molecule has 2 heterocycles. The Morgan fingerprint density at radius 1 is 1.15 bits per heavy atom. The molecule has 10 heteroatoms. The van der Waals surface area contributed by atoms with Gasteiger partial charge in [0.05, 0.1) is 17.5 Å². The van der Waals surface area contributed by atoms with Crippen LogP contribution in [0.15, 0.2) is 67.3 Å². The van der Waals surface area contributed by atoms with Gasteiger partial charge in [-0.25, -0.2) is 0 Å². The second-order valence-corrected chi connectivity index (χ2v) is 11.4. The molecule has 1 N–H and O–H groups in total. The summed E-state index contributed by atoms with van der Waals surface area (Å²) in [5.74, 6) is 1.86. The van der Waals surface area contributed by atoms with Crippen molar-refractivity contribution in [1.82, 2.24) is 0 Å². The highest BCUT2D eigenvalue weighted by Crippen LogP contribution is 2.41. The molecule has 1 aliphatic heterocycles. The van der Waals surface area contributed by atoms with Gasteiger partial charge >= 0.3 is 5.89 Å². The molecular weight excluding hydrogens is 588 g/mol. The van der Waals surface area contributed by atoms with E-state index in [0.29, 0.717) is 25.3 Å². The summed E-state index contributed by atoms with van der Waals surface area (Å²) in [4.78, 5) is 2.03. The Balaban J connectivity index is 1.64. The Hall–Kier alpha value is -2.14. The first kappa shape index (κ1) is 25.0. The predicted molar refractivity (Wildman–Crippen MR) is 139 cm³/mol. The lowest BCUT2D eigenvalue weighted by Gasteiger charge is -2.18. The summed E-state index contributed by atoms with van der Waals surface area (Å²) in [7, 11) is -2.01. The lowest BCUT2D eigenvalue weighted by Crippen LogP contribution is -2.29. The summed E-state index contributed by atoms with van der Waals surface area (Å²) < 4.78 is 47.3. The van der Waals surface area contributed by atoms with Crippen LogP contribution in [0.3, 0.4) is 0 Å². The fraction of sp³-hybridized carbons (Fsp3) is 0.292. The number of aryl methyl sites for hydroxylation is 1. The number of nitrogens with zero attached hydrogens (tertiary/aromatic N) is 2. The van der Waals surface area contributed by atoms with Crippen LogP contribution < -0.4 is 14.2 Å². The predicted octanol–water partition coefficient (Wildman–Crippen LogP) is 5.98. The van der Waals surface area contributed by atoms with Crippen molar-refractivity contribution in [2.24, 2.45) is 7.05 Å². The molecule has 34 heavy (non-hydrogen) atoms. The van der Waals surface area contributed by atoms with Crippen molar-refractivity contribution in [2.45, 2.75) is 26.2 Å². The number of ether oxygens (including phenoxy) is 1. The number of allylic oxidation sites excluding steroid dienone is 2. The summed E-state index contributed by atoms with van der Waals surface area (Å²) in [6, 6.07) is 11.7. The zero-order valence-corrected chi connectivity index (χ0v) is 22.8. The SMILES string of the molecule is CCC(=Cc1oc2ccc(Br)cc2[n+]1C)C=C1Oc2ccc(Br)cc2N1CCCCS(=O)(=O)O. The van der Waals surface area contributed by atoms with E-state index in [-0.39, 0.29) is 5.75 Å². The van der Waals surface area contributed by atoms with E-state index in [4.69, 9.17) is 13.7 Å². The Kier molecular flexibility index (Phi) is 7.51. The van der Waals surface area contributed by atoms with Gasteiger partial charge in [-0.05, 0) is 55.2 Å². The molecule has 1 aromatic heterocycles. The van der Waals surface area contributed by atoms with Gasteiger partial charge in [-0.3, -0.25) is 4.55 Å². The molecule has 1 aliphatic rings. The Morgan fingerprint density at radius 3 is 2.62 bits per heavy atom. The normalized spacial score (nSPS) is 15.3. The minimum Gasteiger partial charge on any atom is -0.439 e. The summed E-state index contributed by atoms with van der Waals surface area (Å²) in [5.41, 5.74) is 3.70. The number of benzene rings is 2. The van der Waals surface area contributed by atoms with Crippen LogP contribution in [-0.4, -0.2) is 25.3 Å². The highest BCUT2D eigenvalue weighted by Gasteiger charge is 2.27. The zero-order valence-electron chi connectivity index (χ0n) is 18.8. The molecule has 0 saturated heterocycles. The monoisotopic (exact) mass is 611 g/mol. The third-order valence-electron chi connectivity index (χ3n) is 5.58. The maximum atomic E-state index is 11.1. The first-order valence-electron chi connectivity index (χ1n) is 10.8. The molecule has 3 aromatic rings. The zero-order chi connectivity index (χ0) is 24.5. The van der Waals surface area contributed by atoms with Gasteiger partial charge in [0.1, 0.15) is 7.05 Å². The van der Waals surface area contributed by atoms with Crippen LogP contribution in [0.2, 0.25) is 0 Å². The van der Waals surface area contributed by atoms with Crippen molar-refractivity contribution in [3.8, 4) is 5.75 Å². The molecule has 0 radical (unpaired) electrons. The quantitative estimate of drug-likeness (QED) is 0.191. The number of fused-ring (bicyclic) bond motifs is 2. The van der Waals surface area contributed by atoms with Gasteiger partial charge < -0.3 is 14.1 Å². The molecule has 0 saturated carbocycles. The molecule has 0 amide bonds. The van der Waals surface area contributed by atoms with E-state index < -0.39 is 10.1 Å². The Labute approximate surface area is 215 Å². The van der Waals surface area contributed by atoms with Crippen molar-refractivity contribution in [3.63, 3.8) is 0 Å². The molecular formula is C24H25Br2N2O5S+. The number of hydrogen-bond donors (Lipinski definition) is 1. The highest BCUT2D eigenvalue weighted by molar-refractivity contribution is 9.10. The third-order valence-corrected chi connectivity index (χ3v) is 7.37. The van der Waals surface area contributed by atoms with Crippen LogP contribution in [0.25, 0.3) is 17.2 Å². The molecule has 0 bridgehead atoms. The highest BCUT2D eigenvalue weighted by atomic mass is 79.9. The average molecular weight is 613 g/mol. The molecule has 0 atom stereocenters. The number of oxazole rings is 1. The second kappa shape index (κ2) is 10.2. The average Bonchev–Trinajstić information content (AvgIpc) is 3.26. The van der Waals surface area contributed by atoms with Crippen LogP contribution in [0, 0.1) is 0 Å². The maximum absolute atomic E-state index is 11.1. The fourth-order valence-electron chi connectivity index (χ4n) is 3.79. The van der Waals surface area contributed by atoms with Crippen LogP contribution in [0.1, 0.15) is 32.1 Å². The first-order chi connectivity index (χ1) is 16.1. The molecule has 0 spiro atoms. The topological polar surface area (TPSA) is 83.9 Å². The standard InChI is InChI=1S/C24H24Br2N2O5S/c1-3-16(12-23-27(2)19-14-17(25)6-8-21(19)32-23)13-24-28(10-4-5-11-34(29,30)31)20-15-18(26)7-9-22(20)33-24/h6-9,12-15H,3-5,10-11H2,1-2H3/p+1. The molecule has 7 nitrogen and oxygen atoms in total. The number of hydrogen-bond acceptors (Lipinski definition) is 5. The van der Waals surface area contributed by atoms with E-state index in [0.717, 1.165) is 49.4 Å². The lowest BCUT2D eigenvalue weighted by atomic mass is 10.1. The van der Waals surface area contributed by atoms with Gasteiger partial charge in [0, 0.05) is 27.6 Å². The minimum atomic E-state index is -3.97. The maximum Gasteiger partial charge on any atom is 0.374 e. The van der Waals surface area contributed by atoms with Crippen molar-refractivity contribution >= 4 is 64.8 Å². The first-order valence-corrected chi connectivity index (χ1v) is 14.0. The number of rotatable bonds is 8. The van der Waals surface area contributed by atoms with Gasteiger partial charge in [-0.15, -0.1) is 0 Å². The van der Waals surface area contributed by atoms with Crippen molar-refractivity contribution in [2.75, 3.05) is 17.2 Å². The lowest BCUT2D eigenvalue weighted by molar-refractivity contribution is -0.652. The smallest absolute Gasteiger partial charge is 0.374 e. The molecule has 0 unspecified atom stereocenters. The Morgan fingerprint density at radius 2 is 1.88 bits per heavy atom. The van der Waals surface area contributed by atoms with E-state index in [1.54, 1.807) is 0 Å². The largest absolute Gasteiger partial charge is 0.439 e.